The molecule has 1 aromatic heterocycles. The number of rotatable bonds is 7. The van der Waals surface area contributed by atoms with Gasteiger partial charge in [0.05, 0.1) is 10.2 Å². The molecule has 0 radical (unpaired) electrons. The van der Waals surface area contributed by atoms with Crippen LogP contribution in [0.2, 0.25) is 0 Å². The summed E-state index contributed by atoms with van der Waals surface area (Å²) in [6, 6.07) is 11.7. The van der Waals surface area contributed by atoms with Crippen molar-refractivity contribution in [2.75, 3.05) is 44.4 Å². The second kappa shape index (κ2) is 8.95. The topological polar surface area (TPSA) is 48.5 Å². The van der Waals surface area contributed by atoms with Crippen LogP contribution in [-0.4, -0.2) is 50.0 Å². The molecule has 0 fully saturated rings. The monoisotopic (exact) mass is 398 g/mol. The van der Waals surface area contributed by atoms with Crippen molar-refractivity contribution in [3.8, 4) is 0 Å². The minimum atomic E-state index is -0.300. The first-order valence-electron chi connectivity index (χ1n) is 8.92. The molecular formula is C21H23FN4OS. The number of thiazole rings is 1. The van der Waals surface area contributed by atoms with Crippen molar-refractivity contribution in [2.24, 2.45) is 0 Å². The predicted molar refractivity (Wildman–Crippen MR) is 116 cm³/mol. The molecule has 0 saturated heterocycles. The van der Waals surface area contributed by atoms with Gasteiger partial charge in [0.2, 0.25) is 5.91 Å². The molecule has 0 bridgehead atoms. The largest absolute Gasteiger partial charge is 0.350 e. The summed E-state index contributed by atoms with van der Waals surface area (Å²) in [5.74, 6) is -0.539. The summed E-state index contributed by atoms with van der Waals surface area (Å²) in [6.07, 6.45) is 3.09. The molecule has 0 aliphatic carbocycles. The number of halogens is 1. The average molecular weight is 399 g/mol. The van der Waals surface area contributed by atoms with Gasteiger partial charge in [-0.2, -0.15) is 0 Å². The molecule has 5 nitrogen and oxygen atoms in total. The maximum Gasteiger partial charge on any atom is 0.248 e. The Balaban J connectivity index is 1.66. The number of likely N-dealkylation sites (N-methyl/N-ethyl adjacent to an activating group) is 2. The number of amides is 1. The lowest BCUT2D eigenvalue weighted by Gasteiger charge is -2.18. The standard InChI is InChI=1S/C21H23FN4OS/c1-25(2)12-13-26(3)21-24-18-10-9-17(14-19(18)28-21)23-20(27)11-6-15-4-7-16(22)8-5-15/h4-11,14H,12-13H2,1-3H3,(H,23,27)/b11-6+. The molecule has 3 aromatic rings. The molecule has 28 heavy (non-hydrogen) atoms. The molecule has 0 spiro atoms. The normalized spacial score (nSPS) is 11.5. The van der Waals surface area contributed by atoms with Gasteiger partial charge in [-0.15, -0.1) is 0 Å². The molecule has 0 saturated carbocycles. The van der Waals surface area contributed by atoms with Crippen LogP contribution in [0.4, 0.5) is 15.2 Å². The third-order valence-electron chi connectivity index (χ3n) is 4.15. The van der Waals surface area contributed by atoms with Crippen molar-refractivity contribution in [2.45, 2.75) is 0 Å². The highest BCUT2D eigenvalue weighted by Gasteiger charge is 2.10. The Morgan fingerprint density at radius 1 is 1.14 bits per heavy atom. The highest BCUT2D eigenvalue weighted by atomic mass is 32.1. The fourth-order valence-corrected chi connectivity index (χ4v) is 3.52. The summed E-state index contributed by atoms with van der Waals surface area (Å²) in [5, 5.41) is 3.81. The van der Waals surface area contributed by atoms with Gasteiger partial charge < -0.3 is 15.1 Å². The number of fused-ring (bicyclic) bond motifs is 1. The van der Waals surface area contributed by atoms with E-state index in [1.807, 2.05) is 39.3 Å². The van der Waals surface area contributed by atoms with E-state index in [-0.39, 0.29) is 11.7 Å². The first kappa shape index (κ1) is 20.0. The maximum atomic E-state index is 12.9. The first-order valence-corrected chi connectivity index (χ1v) is 9.73. The van der Waals surface area contributed by atoms with Gasteiger partial charge in [0.25, 0.3) is 0 Å². The Hall–Kier alpha value is -2.77. The van der Waals surface area contributed by atoms with Crippen LogP contribution in [0.25, 0.3) is 16.3 Å². The zero-order valence-electron chi connectivity index (χ0n) is 16.1. The fourth-order valence-electron chi connectivity index (χ4n) is 2.53. The molecule has 7 heteroatoms. The van der Waals surface area contributed by atoms with Gasteiger partial charge in [0.1, 0.15) is 5.82 Å². The van der Waals surface area contributed by atoms with Gasteiger partial charge in [-0.1, -0.05) is 23.5 Å². The van der Waals surface area contributed by atoms with E-state index < -0.39 is 0 Å². The van der Waals surface area contributed by atoms with E-state index in [4.69, 9.17) is 0 Å². The lowest BCUT2D eigenvalue weighted by molar-refractivity contribution is -0.111. The van der Waals surface area contributed by atoms with Crippen LogP contribution in [0.15, 0.2) is 48.5 Å². The third kappa shape index (κ3) is 5.37. The van der Waals surface area contributed by atoms with Crippen LogP contribution in [0.1, 0.15) is 5.56 Å². The second-order valence-corrected chi connectivity index (χ2v) is 7.79. The quantitative estimate of drug-likeness (QED) is 0.609. The maximum absolute atomic E-state index is 12.9. The SMILES string of the molecule is CN(C)CCN(C)c1nc2ccc(NC(=O)/C=C/c3ccc(F)cc3)cc2s1. The predicted octanol–water partition coefficient (Wildman–Crippen LogP) is 4.09. The summed E-state index contributed by atoms with van der Waals surface area (Å²) in [7, 11) is 6.13. The molecule has 3 rings (SSSR count). The highest BCUT2D eigenvalue weighted by molar-refractivity contribution is 7.22. The van der Waals surface area contributed by atoms with Gasteiger partial charge in [-0.25, -0.2) is 9.37 Å². The molecule has 1 heterocycles. The lowest BCUT2D eigenvalue weighted by Crippen LogP contribution is -2.28. The fraction of sp³-hybridized carbons (Fsp3) is 0.238. The molecule has 0 aliphatic heterocycles. The van der Waals surface area contributed by atoms with Gasteiger partial charge in [0.15, 0.2) is 5.13 Å². The van der Waals surface area contributed by atoms with E-state index >= 15 is 0 Å². The molecular weight excluding hydrogens is 375 g/mol. The van der Waals surface area contributed by atoms with Gasteiger partial charge >= 0.3 is 0 Å². The number of carbonyl (C=O) groups is 1. The van der Waals surface area contributed by atoms with Crippen molar-refractivity contribution < 1.29 is 9.18 Å². The number of benzene rings is 2. The summed E-state index contributed by atoms with van der Waals surface area (Å²) in [6.45, 7) is 1.85. The van der Waals surface area contributed by atoms with Crippen LogP contribution in [0.5, 0.6) is 0 Å². The van der Waals surface area contributed by atoms with E-state index in [9.17, 15) is 9.18 Å². The summed E-state index contributed by atoms with van der Waals surface area (Å²) < 4.78 is 13.9. The molecule has 1 N–H and O–H groups in total. The molecule has 0 atom stereocenters. The van der Waals surface area contributed by atoms with Crippen molar-refractivity contribution >= 4 is 44.4 Å². The van der Waals surface area contributed by atoms with Crippen LogP contribution in [0, 0.1) is 5.82 Å². The Bertz CT molecular complexity index is 982. The zero-order chi connectivity index (χ0) is 20.1. The highest BCUT2D eigenvalue weighted by Crippen LogP contribution is 2.30. The van der Waals surface area contributed by atoms with E-state index in [1.165, 1.54) is 18.2 Å². The average Bonchev–Trinajstić information content (AvgIpc) is 3.09. The Morgan fingerprint density at radius 2 is 1.89 bits per heavy atom. The van der Waals surface area contributed by atoms with E-state index in [0.29, 0.717) is 5.69 Å². The van der Waals surface area contributed by atoms with Gasteiger partial charge in [-0.05, 0) is 56.1 Å². The summed E-state index contributed by atoms with van der Waals surface area (Å²) in [4.78, 5) is 21.1. The number of carbonyl (C=O) groups excluding carboxylic acids is 1. The van der Waals surface area contributed by atoms with Crippen LogP contribution in [-0.2, 0) is 4.79 Å². The van der Waals surface area contributed by atoms with Crippen LogP contribution >= 0.6 is 11.3 Å². The van der Waals surface area contributed by atoms with Crippen molar-refractivity contribution in [1.29, 1.82) is 0 Å². The Morgan fingerprint density at radius 3 is 2.61 bits per heavy atom. The van der Waals surface area contributed by atoms with Gasteiger partial charge in [-0.3, -0.25) is 4.79 Å². The molecule has 0 aliphatic rings. The van der Waals surface area contributed by atoms with Gasteiger partial charge in [0, 0.05) is 31.9 Å². The van der Waals surface area contributed by atoms with Crippen LogP contribution in [0.3, 0.4) is 0 Å². The van der Waals surface area contributed by atoms with E-state index in [0.717, 1.165) is 34.0 Å². The number of anilines is 2. The van der Waals surface area contributed by atoms with E-state index in [1.54, 1.807) is 29.5 Å². The molecule has 0 unspecified atom stereocenters. The third-order valence-corrected chi connectivity index (χ3v) is 5.28. The second-order valence-electron chi connectivity index (χ2n) is 6.78. The van der Waals surface area contributed by atoms with E-state index in [2.05, 4.69) is 20.1 Å². The minimum absolute atomic E-state index is 0.239. The number of aromatic nitrogens is 1. The lowest BCUT2D eigenvalue weighted by atomic mass is 10.2. The number of nitrogens with one attached hydrogen (secondary N) is 1. The summed E-state index contributed by atoms with van der Waals surface area (Å²) >= 11 is 1.60. The summed E-state index contributed by atoms with van der Waals surface area (Å²) in [5.41, 5.74) is 2.39. The minimum Gasteiger partial charge on any atom is -0.350 e. The van der Waals surface area contributed by atoms with Crippen molar-refractivity contribution in [1.82, 2.24) is 9.88 Å². The molecule has 2 aromatic carbocycles. The Labute approximate surface area is 168 Å². The first-order chi connectivity index (χ1) is 13.4. The van der Waals surface area contributed by atoms with Crippen molar-refractivity contribution in [3.05, 3.63) is 59.9 Å². The smallest absolute Gasteiger partial charge is 0.248 e. The van der Waals surface area contributed by atoms with Crippen molar-refractivity contribution in [3.63, 3.8) is 0 Å². The number of nitrogens with zero attached hydrogens (tertiary/aromatic N) is 3. The molecule has 146 valence electrons. The Kier molecular flexibility index (Phi) is 6.38. The zero-order valence-corrected chi connectivity index (χ0v) is 17.0. The number of hydrogen-bond donors (Lipinski definition) is 1. The number of hydrogen-bond acceptors (Lipinski definition) is 5. The molecule has 1 amide bonds. The van der Waals surface area contributed by atoms with Crippen LogP contribution < -0.4 is 10.2 Å².